The summed E-state index contributed by atoms with van der Waals surface area (Å²) < 4.78 is 14.1. The van der Waals surface area contributed by atoms with E-state index in [0.29, 0.717) is 27.8 Å². The highest BCUT2D eigenvalue weighted by Crippen LogP contribution is 2.40. The highest BCUT2D eigenvalue weighted by atomic mass is 79.9. The summed E-state index contributed by atoms with van der Waals surface area (Å²) in [5.74, 6) is 1.46. The lowest BCUT2D eigenvalue weighted by atomic mass is 10.1. The van der Waals surface area contributed by atoms with Crippen molar-refractivity contribution >= 4 is 33.4 Å². The van der Waals surface area contributed by atoms with Crippen LogP contribution in [0.15, 0.2) is 28.7 Å². The van der Waals surface area contributed by atoms with Crippen LogP contribution in [0, 0.1) is 11.7 Å². The van der Waals surface area contributed by atoms with Crippen LogP contribution in [-0.2, 0) is 0 Å². The van der Waals surface area contributed by atoms with Crippen LogP contribution in [0.4, 0.5) is 21.8 Å². The van der Waals surface area contributed by atoms with Crippen molar-refractivity contribution in [3.63, 3.8) is 0 Å². The van der Waals surface area contributed by atoms with E-state index in [-0.39, 0.29) is 24.4 Å². The highest BCUT2D eigenvalue weighted by molar-refractivity contribution is 9.10. The predicted molar refractivity (Wildman–Crippen MR) is 101 cm³/mol. The summed E-state index contributed by atoms with van der Waals surface area (Å²) in [5, 5.41) is 15.9. The van der Waals surface area contributed by atoms with E-state index in [9.17, 15) is 9.50 Å². The van der Waals surface area contributed by atoms with Gasteiger partial charge in [-0.1, -0.05) is 13.8 Å². The summed E-state index contributed by atoms with van der Waals surface area (Å²) in [5.41, 5.74) is 1.59. The zero-order chi connectivity index (χ0) is 18.0. The van der Waals surface area contributed by atoms with E-state index in [1.807, 2.05) is 19.9 Å². The quantitative estimate of drug-likeness (QED) is 0.631. The van der Waals surface area contributed by atoms with Crippen LogP contribution in [0.5, 0.6) is 0 Å². The molecule has 1 fully saturated rings. The molecule has 1 aromatic carbocycles. The van der Waals surface area contributed by atoms with Crippen molar-refractivity contribution < 1.29 is 9.50 Å². The zero-order valence-electron chi connectivity index (χ0n) is 14.3. The second kappa shape index (κ2) is 7.66. The predicted octanol–water partition coefficient (Wildman–Crippen LogP) is 4.43. The van der Waals surface area contributed by atoms with Gasteiger partial charge in [0.05, 0.1) is 22.8 Å². The number of nitrogens with zero attached hydrogens (tertiary/aromatic N) is 2. The Morgan fingerprint density at radius 2 is 2.04 bits per heavy atom. The van der Waals surface area contributed by atoms with Crippen molar-refractivity contribution in [2.45, 2.75) is 38.6 Å². The average Bonchev–Trinajstić information content (AvgIpc) is 3.40. The second-order valence-corrected chi connectivity index (χ2v) is 7.56. The fourth-order valence-electron chi connectivity index (χ4n) is 2.49. The normalized spacial score (nSPS) is 15.3. The van der Waals surface area contributed by atoms with Gasteiger partial charge >= 0.3 is 0 Å². The van der Waals surface area contributed by atoms with E-state index in [2.05, 4.69) is 36.5 Å². The van der Waals surface area contributed by atoms with Gasteiger partial charge in [-0.15, -0.1) is 0 Å². The van der Waals surface area contributed by atoms with E-state index in [1.54, 1.807) is 12.1 Å². The molecule has 0 unspecified atom stereocenters. The zero-order valence-corrected chi connectivity index (χ0v) is 15.8. The van der Waals surface area contributed by atoms with Crippen molar-refractivity contribution in [1.82, 2.24) is 9.97 Å². The number of halogens is 2. The molecule has 3 N–H and O–H groups in total. The minimum Gasteiger partial charge on any atom is -0.394 e. The number of benzene rings is 1. The Balaban J connectivity index is 1.86. The van der Waals surface area contributed by atoms with Crippen molar-refractivity contribution in [3.8, 4) is 0 Å². The fraction of sp³-hybridized carbons (Fsp3) is 0.444. The van der Waals surface area contributed by atoms with Gasteiger partial charge in [0, 0.05) is 17.7 Å². The number of rotatable bonds is 7. The molecule has 1 aliphatic carbocycles. The standard InChI is InChI=1S/C18H22BrFN4O/c1-10(2)16(9-25)23-18-22-15(11-3-4-11)8-17(24-18)21-12-5-6-13(19)14(20)7-12/h5-8,10-11,16,25H,3-4,9H2,1-2H3,(H2,21,22,23,24)/t16-/m1/s1. The maximum atomic E-state index is 13.7. The monoisotopic (exact) mass is 408 g/mol. The first kappa shape index (κ1) is 18.1. The first-order chi connectivity index (χ1) is 12.0. The van der Waals surface area contributed by atoms with E-state index in [4.69, 9.17) is 0 Å². The molecule has 134 valence electrons. The maximum Gasteiger partial charge on any atom is 0.225 e. The Kier molecular flexibility index (Phi) is 5.54. The molecule has 3 rings (SSSR count). The summed E-state index contributed by atoms with van der Waals surface area (Å²) in [4.78, 5) is 9.07. The average molecular weight is 409 g/mol. The van der Waals surface area contributed by atoms with Gasteiger partial charge in [-0.05, 0) is 52.9 Å². The molecular weight excluding hydrogens is 387 g/mol. The number of hydrogen-bond acceptors (Lipinski definition) is 5. The minimum absolute atomic E-state index is 0.00929. The van der Waals surface area contributed by atoms with Gasteiger partial charge in [-0.2, -0.15) is 4.98 Å². The van der Waals surface area contributed by atoms with Crippen molar-refractivity contribution in [2.75, 3.05) is 17.2 Å². The van der Waals surface area contributed by atoms with Crippen LogP contribution >= 0.6 is 15.9 Å². The van der Waals surface area contributed by atoms with E-state index in [1.165, 1.54) is 6.07 Å². The molecule has 1 saturated carbocycles. The molecule has 0 amide bonds. The van der Waals surface area contributed by atoms with E-state index < -0.39 is 0 Å². The molecule has 7 heteroatoms. The van der Waals surface area contributed by atoms with Crippen LogP contribution in [0.25, 0.3) is 0 Å². The highest BCUT2D eigenvalue weighted by Gasteiger charge is 2.26. The van der Waals surface area contributed by atoms with Gasteiger partial charge in [0.2, 0.25) is 5.95 Å². The molecule has 1 aromatic heterocycles. The largest absolute Gasteiger partial charge is 0.394 e. The molecule has 1 atom stereocenters. The molecule has 0 bridgehead atoms. The molecule has 25 heavy (non-hydrogen) atoms. The van der Waals surface area contributed by atoms with Crippen molar-refractivity contribution in [1.29, 1.82) is 0 Å². The fourth-order valence-corrected chi connectivity index (χ4v) is 2.74. The third-order valence-corrected chi connectivity index (χ3v) is 4.89. The van der Waals surface area contributed by atoms with Crippen molar-refractivity contribution in [3.05, 3.63) is 40.2 Å². The van der Waals surface area contributed by atoms with Crippen LogP contribution < -0.4 is 10.6 Å². The lowest BCUT2D eigenvalue weighted by Crippen LogP contribution is -2.30. The number of aliphatic hydroxyl groups excluding tert-OH is 1. The molecule has 1 heterocycles. The van der Waals surface area contributed by atoms with Gasteiger partial charge in [-0.3, -0.25) is 0 Å². The number of nitrogens with one attached hydrogen (secondary N) is 2. The van der Waals surface area contributed by atoms with Gasteiger partial charge in [0.15, 0.2) is 0 Å². The SMILES string of the molecule is CC(C)[C@@H](CO)Nc1nc(Nc2ccc(Br)c(F)c2)cc(C2CC2)n1. The van der Waals surface area contributed by atoms with Gasteiger partial charge in [0.1, 0.15) is 11.6 Å². The molecule has 1 aliphatic rings. The second-order valence-electron chi connectivity index (χ2n) is 6.71. The molecule has 0 saturated heterocycles. The van der Waals surface area contributed by atoms with Crippen molar-refractivity contribution in [2.24, 2.45) is 5.92 Å². The molecular formula is C18H22BrFN4O. The summed E-state index contributed by atoms with van der Waals surface area (Å²) >= 11 is 3.15. The van der Waals surface area contributed by atoms with Crippen LogP contribution in [0.2, 0.25) is 0 Å². The Morgan fingerprint density at radius 1 is 1.28 bits per heavy atom. The topological polar surface area (TPSA) is 70.1 Å². The van der Waals surface area contributed by atoms with Gasteiger partial charge < -0.3 is 15.7 Å². The first-order valence-electron chi connectivity index (χ1n) is 8.44. The number of aromatic nitrogens is 2. The smallest absolute Gasteiger partial charge is 0.225 e. The maximum absolute atomic E-state index is 13.7. The first-order valence-corrected chi connectivity index (χ1v) is 9.24. The molecule has 0 spiro atoms. The van der Waals surface area contributed by atoms with Crippen LogP contribution in [-0.4, -0.2) is 27.7 Å². The lowest BCUT2D eigenvalue weighted by Gasteiger charge is -2.20. The molecule has 0 aliphatic heterocycles. The Bertz CT molecular complexity index is 752. The molecule has 2 aromatic rings. The third kappa shape index (κ3) is 4.67. The minimum atomic E-state index is -0.333. The number of hydrogen-bond donors (Lipinski definition) is 3. The molecule has 5 nitrogen and oxygen atoms in total. The summed E-state index contributed by atoms with van der Waals surface area (Å²) in [7, 11) is 0. The Morgan fingerprint density at radius 3 is 2.64 bits per heavy atom. The lowest BCUT2D eigenvalue weighted by molar-refractivity contribution is 0.248. The summed E-state index contributed by atoms with van der Waals surface area (Å²) in [6, 6.07) is 6.64. The van der Waals surface area contributed by atoms with Gasteiger partial charge in [-0.25, -0.2) is 9.37 Å². The summed E-state index contributed by atoms with van der Waals surface area (Å²) in [6.45, 7) is 4.07. The van der Waals surface area contributed by atoms with Crippen LogP contribution in [0.3, 0.4) is 0 Å². The van der Waals surface area contributed by atoms with E-state index >= 15 is 0 Å². The third-order valence-electron chi connectivity index (χ3n) is 4.25. The number of aliphatic hydroxyl groups is 1. The van der Waals surface area contributed by atoms with Gasteiger partial charge in [0.25, 0.3) is 0 Å². The van der Waals surface area contributed by atoms with E-state index in [0.717, 1.165) is 18.5 Å². The number of anilines is 3. The Labute approximate surface area is 155 Å². The van der Waals surface area contributed by atoms with Crippen LogP contribution in [0.1, 0.15) is 38.3 Å². The molecule has 0 radical (unpaired) electrons. The Hall–Kier alpha value is -1.73. The summed E-state index contributed by atoms with van der Waals surface area (Å²) in [6.07, 6.45) is 2.24.